The highest BCUT2D eigenvalue weighted by Crippen LogP contribution is 2.13. The molecule has 2 N–H and O–H groups in total. The summed E-state index contributed by atoms with van der Waals surface area (Å²) in [6, 6.07) is 5.82. The van der Waals surface area contributed by atoms with Gasteiger partial charge in [0.1, 0.15) is 0 Å². The van der Waals surface area contributed by atoms with E-state index in [0.29, 0.717) is 5.56 Å². The number of nitrogens with one attached hydrogen (secondary N) is 1. The number of hydrogen-bond donors (Lipinski definition) is 2. The van der Waals surface area contributed by atoms with E-state index < -0.39 is 16.6 Å². The van der Waals surface area contributed by atoms with Gasteiger partial charge in [0, 0.05) is 12.1 Å². The van der Waals surface area contributed by atoms with Crippen LogP contribution >= 0.6 is 0 Å². The standard InChI is InChI=1S/C13H18N2O4/c1-9(16)13(2,3)14-12(17)8-10-4-6-11(7-5-10)15(18)19/h4-7,9,16H,8H2,1-3H3,(H,14,17). The Labute approximate surface area is 111 Å². The summed E-state index contributed by atoms with van der Waals surface area (Å²) in [4.78, 5) is 21.8. The number of nitrogens with zero attached hydrogens (tertiary/aromatic N) is 1. The van der Waals surface area contributed by atoms with E-state index in [1.54, 1.807) is 32.9 Å². The van der Waals surface area contributed by atoms with Gasteiger partial charge in [0.2, 0.25) is 5.91 Å². The van der Waals surface area contributed by atoms with E-state index in [1.807, 2.05) is 0 Å². The van der Waals surface area contributed by atoms with Crippen LogP contribution in [0.1, 0.15) is 26.3 Å². The highest BCUT2D eigenvalue weighted by Gasteiger charge is 2.25. The summed E-state index contributed by atoms with van der Waals surface area (Å²) in [5.41, 5.74) is -0.0318. The molecule has 0 fully saturated rings. The Hall–Kier alpha value is -1.95. The Morgan fingerprint density at radius 3 is 2.37 bits per heavy atom. The monoisotopic (exact) mass is 266 g/mol. The lowest BCUT2D eigenvalue weighted by Crippen LogP contribution is -2.51. The third-order valence-electron chi connectivity index (χ3n) is 3.02. The van der Waals surface area contributed by atoms with Gasteiger partial charge in [-0.1, -0.05) is 12.1 Å². The molecule has 0 aromatic heterocycles. The normalized spacial score (nSPS) is 12.8. The van der Waals surface area contributed by atoms with Crippen LogP contribution in [0, 0.1) is 10.1 Å². The number of aliphatic hydroxyl groups is 1. The zero-order chi connectivity index (χ0) is 14.6. The molecule has 0 aliphatic heterocycles. The number of carbonyl (C=O) groups is 1. The average Bonchev–Trinajstić information content (AvgIpc) is 2.28. The van der Waals surface area contributed by atoms with Crippen LogP contribution in [-0.4, -0.2) is 27.6 Å². The molecule has 1 aromatic carbocycles. The van der Waals surface area contributed by atoms with Gasteiger partial charge in [0.25, 0.3) is 5.69 Å². The SMILES string of the molecule is CC(O)C(C)(C)NC(=O)Cc1ccc([N+](=O)[O-])cc1. The van der Waals surface area contributed by atoms with Crippen molar-refractivity contribution in [2.24, 2.45) is 0 Å². The van der Waals surface area contributed by atoms with Gasteiger partial charge in [-0.15, -0.1) is 0 Å². The number of non-ortho nitro benzene ring substituents is 1. The molecule has 6 heteroatoms. The molecule has 0 aliphatic rings. The van der Waals surface area contributed by atoms with E-state index in [0.717, 1.165) is 0 Å². The van der Waals surface area contributed by atoms with Crippen LogP contribution < -0.4 is 5.32 Å². The number of benzene rings is 1. The minimum atomic E-state index is -0.710. The van der Waals surface area contributed by atoms with E-state index in [4.69, 9.17) is 0 Å². The fourth-order valence-corrected chi connectivity index (χ4v) is 1.43. The number of nitro groups is 1. The van der Waals surface area contributed by atoms with Crippen molar-refractivity contribution >= 4 is 11.6 Å². The maximum absolute atomic E-state index is 11.8. The van der Waals surface area contributed by atoms with Crippen LogP contribution in [0.3, 0.4) is 0 Å². The van der Waals surface area contributed by atoms with E-state index in [-0.39, 0.29) is 18.0 Å². The first-order valence-corrected chi connectivity index (χ1v) is 5.95. The molecule has 104 valence electrons. The third-order valence-corrected chi connectivity index (χ3v) is 3.02. The highest BCUT2D eigenvalue weighted by atomic mass is 16.6. The quantitative estimate of drug-likeness (QED) is 0.622. The first-order chi connectivity index (χ1) is 8.72. The molecule has 0 heterocycles. The molecule has 0 aliphatic carbocycles. The van der Waals surface area contributed by atoms with Crippen LogP contribution in [0.25, 0.3) is 0 Å². The van der Waals surface area contributed by atoms with Gasteiger partial charge >= 0.3 is 0 Å². The Morgan fingerprint density at radius 2 is 1.95 bits per heavy atom. The predicted molar refractivity (Wildman–Crippen MR) is 70.7 cm³/mol. The zero-order valence-electron chi connectivity index (χ0n) is 11.2. The number of amides is 1. The first-order valence-electron chi connectivity index (χ1n) is 5.95. The van der Waals surface area contributed by atoms with Crippen LogP contribution in [0.15, 0.2) is 24.3 Å². The number of nitro benzene ring substituents is 1. The Morgan fingerprint density at radius 1 is 1.42 bits per heavy atom. The van der Waals surface area contributed by atoms with Crippen LogP contribution in [0.4, 0.5) is 5.69 Å². The van der Waals surface area contributed by atoms with Crippen LogP contribution in [0.2, 0.25) is 0 Å². The molecular weight excluding hydrogens is 248 g/mol. The molecule has 1 aromatic rings. The van der Waals surface area contributed by atoms with Gasteiger partial charge in [0.15, 0.2) is 0 Å². The summed E-state index contributed by atoms with van der Waals surface area (Å²) in [5.74, 6) is -0.236. The lowest BCUT2D eigenvalue weighted by Gasteiger charge is -2.29. The van der Waals surface area contributed by atoms with E-state index in [2.05, 4.69) is 5.32 Å². The predicted octanol–water partition coefficient (Wildman–Crippen LogP) is 1.41. The van der Waals surface area contributed by atoms with Crippen molar-refractivity contribution in [2.75, 3.05) is 0 Å². The van der Waals surface area contributed by atoms with E-state index in [9.17, 15) is 20.0 Å². The summed E-state index contributed by atoms with van der Waals surface area (Å²) in [5, 5.41) is 22.7. The summed E-state index contributed by atoms with van der Waals surface area (Å²) >= 11 is 0. The van der Waals surface area contributed by atoms with Gasteiger partial charge in [-0.3, -0.25) is 14.9 Å². The molecule has 0 saturated carbocycles. The van der Waals surface area contributed by atoms with Crippen molar-refractivity contribution in [1.82, 2.24) is 5.32 Å². The summed E-state index contributed by atoms with van der Waals surface area (Å²) < 4.78 is 0. The van der Waals surface area contributed by atoms with Crippen molar-refractivity contribution in [1.29, 1.82) is 0 Å². The second-order valence-corrected chi connectivity index (χ2v) is 5.05. The maximum atomic E-state index is 11.8. The summed E-state index contributed by atoms with van der Waals surface area (Å²) in [6.45, 7) is 5.06. The molecule has 6 nitrogen and oxygen atoms in total. The number of rotatable bonds is 5. The summed E-state index contributed by atoms with van der Waals surface area (Å²) in [6.07, 6.45) is -0.554. The van der Waals surface area contributed by atoms with Crippen molar-refractivity contribution in [3.8, 4) is 0 Å². The van der Waals surface area contributed by atoms with Gasteiger partial charge in [-0.25, -0.2) is 0 Å². The van der Waals surface area contributed by atoms with Crippen molar-refractivity contribution in [3.63, 3.8) is 0 Å². The second kappa shape index (κ2) is 5.79. The van der Waals surface area contributed by atoms with Gasteiger partial charge in [-0.05, 0) is 26.3 Å². The van der Waals surface area contributed by atoms with Gasteiger partial charge in [0.05, 0.1) is 23.0 Å². The lowest BCUT2D eigenvalue weighted by molar-refractivity contribution is -0.384. The number of carbonyl (C=O) groups excluding carboxylic acids is 1. The van der Waals surface area contributed by atoms with Crippen LogP contribution in [-0.2, 0) is 11.2 Å². The Balaban J connectivity index is 2.65. The van der Waals surface area contributed by atoms with Crippen molar-refractivity contribution < 1.29 is 14.8 Å². The number of aliphatic hydroxyl groups excluding tert-OH is 1. The Kier molecular flexibility index (Phi) is 4.61. The zero-order valence-corrected chi connectivity index (χ0v) is 11.2. The second-order valence-electron chi connectivity index (χ2n) is 5.05. The fraction of sp³-hybridized carbons (Fsp3) is 0.462. The van der Waals surface area contributed by atoms with Crippen molar-refractivity contribution in [2.45, 2.75) is 38.8 Å². The first kappa shape index (κ1) is 15.1. The molecule has 1 rings (SSSR count). The molecule has 0 spiro atoms. The van der Waals surface area contributed by atoms with Gasteiger partial charge in [-0.2, -0.15) is 0 Å². The average molecular weight is 266 g/mol. The molecule has 1 unspecified atom stereocenters. The van der Waals surface area contributed by atoms with E-state index >= 15 is 0 Å². The van der Waals surface area contributed by atoms with E-state index in [1.165, 1.54) is 12.1 Å². The van der Waals surface area contributed by atoms with Crippen LogP contribution in [0.5, 0.6) is 0 Å². The largest absolute Gasteiger partial charge is 0.391 e. The topological polar surface area (TPSA) is 92.5 Å². The minimum absolute atomic E-state index is 0.00605. The Bertz CT molecular complexity index is 466. The maximum Gasteiger partial charge on any atom is 0.269 e. The van der Waals surface area contributed by atoms with Gasteiger partial charge < -0.3 is 10.4 Å². The summed E-state index contributed by atoms with van der Waals surface area (Å²) in [7, 11) is 0. The third kappa shape index (κ3) is 4.33. The molecule has 1 amide bonds. The lowest BCUT2D eigenvalue weighted by atomic mass is 9.98. The fourth-order valence-electron chi connectivity index (χ4n) is 1.43. The molecule has 0 bridgehead atoms. The molecule has 0 saturated heterocycles. The molecular formula is C13H18N2O4. The smallest absolute Gasteiger partial charge is 0.269 e. The molecule has 1 atom stereocenters. The number of hydrogen-bond acceptors (Lipinski definition) is 4. The minimum Gasteiger partial charge on any atom is -0.391 e. The molecule has 0 radical (unpaired) electrons. The molecule has 19 heavy (non-hydrogen) atoms. The highest BCUT2D eigenvalue weighted by molar-refractivity contribution is 5.79. The van der Waals surface area contributed by atoms with Crippen molar-refractivity contribution in [3.05, 3.63) is 39.9 Å².